The van der Waals surface area contributed by atoms with Crippen molar-refractivity contribution in [1.82, 2.24) is 0 Å². The Labute approximate surface area is 75.4 Å². The normalized spacial score (nSPS) is 15.9. The molecule has 1 atom stereocenters. The number of aliphatic carboxylic acids is 2. The lowest BCUT2D eigenvalue weighted by atomic mass is 9.67. The van der Waals surface area contributed by atoms with Gasteiger partial charge < -0.3 is 15.0 Å². The van der Waals surface area contributed by atoms with Crippen LogP contribution in [0.25, 0.3) is 0 Å². The molecule has 0 aliphatic carbocycles. The predicted octanol–water partition coefficient (Wildman–Crippen LogP) is 0.387. The first kappa shape index (κ1) is 11.6. The fourth-order valence-corrected chi connectivity index (χ4v) is 0.687. The molecule has 0 heterocycles. The summed E-state index contributed by atoms with van der Waals surface area (Å²) in [4.78, 5) is 32.0. The van der Waals surface area contributed by atoms with Crippen LogP contribution in [0.15, 0.2) is 0 Å². The van der Waals surface area contributed by atoms with Gasteiger partial charge in [-0.05, 0) is 20.8 Å². The number of carbonyl (C=O) groups excluding carboxylic acids is 1. The molecule has 74 valence electrons. The highest BCUT2D eigenvalue weighted by molar-refractivity contribution is 5.98. The first-order valence-electron chi connectivity index (χ1n) is 3.63. The summed E-state index contributed by atoms with van der Waals surface area (Å²) in [7, 11) is 0. The van der Waals surface area contributed by atoms with E-state index in [0.29, 0.717) is 0 Å². The van der Waals surface area contributed by atoms with Crippen molar-refractivity contribution in [3.8, 4) is 0 Å². The van der Waals surface area contributed by atoms with Gasteiger partial charge >= 0.3 is 11.9 Å². The monoisotopic (exact) mass is 188 g/mol. The van der Waals surface area contributed by atoms with Gasteiger partial charge in [0.25, 0.3) is 0 Å². The molecule has 0 amide bonds. The first-order chi connectivity index (χ1) is 5.70. The van der Waals surface area contributed by atoms with E-state index < -0.39 is 22.8 Å². The van der Waals surface area contributed by atoms with Crippen LogP contribution in [-0.4, -0.2) is 28.4 Å². The molecule has 0 aromatic rings. The molecule has 1 unspecified atom stereocenters. The van der Waals surface area contributed by atoms with Gasteiger partial charge in [-0.15, -0.1) is 0 Å². The third kappa shape index (κ3) is 1.54. The van der Waals surface area contributed by atoms with E-state index in [1.165, 1.54) is 13.8 Å². The fraction of sp³-hybridized carbons (Fsp3) is 0.625. The molecule has 0 bridgehead atoms. The Morgan fingerprint density at radius 3 is 1.54 bits per heavy atom. The number of hydrogen-bond acceptors (Lipinski definition) is 3. The van der Waals surface area contributed by atoms with Gasteiger partial charge in [-0.25, -0.2) is 0 Å². The summed E-state index contributed by atoms with van der Waals surface area (Å²) in [6.07, 6.45) is 0.156. The number of rotatable bonds is 4. The lowest BCUT2D eigenvalue weighted by molar-refractivity contribution is -0.170. The number of carbonyl (C=O) groups is 3. The van der Waals surface area contributed by atoms with E-state index in [-0.39, 0.29) is 6.29 Å². The van der Waals surface area contributed by atoms with Gasteiger partial charge in [-0.1, -0.05) is 0 Å². The minimum absolute atomic E-state index is 0.156. The average Bonchev–Trinajstić information content (AvgIpc) is 2.01. The highest BCUT2D eigenvalue weighted by Gasteiger charge is 2.52. The standard InChI is InChI=1S/C8H12O5/c1-7(2,5(10)11)8(3,4-9)6(12)13/h4H,1-3H3,(H,10,11)(H,12,13). The van der Waals surface area contributed by atoms with Crippen molar-refractivity contribution in [3.05, 3.63) is 0 Å². The van der Waals surface area contributed by atoms with Crippen molar-refractivity contribution in [1.29, 1.82) is 0 Å². The van der Waals surface area contributed by atoms with E-state index in [1.807, 2.05) is 0 Å². The fourth-order valence-electron chi connectivity index (χ4n) is 0.687. The maximum absolute atomic E-state index is 10.7. The molecule has 0 spiro atoms. The number of carboxylic acid groups (broad SMARTS) is 2. The van der Waals surface area contributed by atoms with Crippen LogP contribution in [0, 0.1) is 10.8 Å². The van der Waals surface area contributed by atoms with Crippen LogP contribution in [0.3, 0.4) is 0 Å². The lowest BCUT2D eigenvalue weighted by Gasteiger charge is -2.32. The van der Waals surface area contributed by atoms with Gasteiger partial charge in [0.15, 0.2) is 0 Å². The minimum atomic E-state index is -1.90. The smallest absolute Gasteiger partial charge is 0.317 e. The molecule has 0 saturated carbocycles. The molecule has 0 aliphatic heterocycles. The molecular weight excluding hydrogens is 176 g/mol. The molecule has 5 nitrogen and oxygen atoms in total. The van der Waals surface area contributed by atoms with Crippen molar-refractivity contribution >= 4 is 18.2 Å². The molecule has 0 rings (SSSR count). The van der Waals surface area contributed by atoms with Crippen LogP contribution in [0.1, 0.15) is 20.8 Å². The maximum Gasteiger partial charge on any atom is 0.317 e. The zero-order valence-corrected chi connectivity index (χ0v) is 7.70. The van der Waals surface area contributed by atoms with E-state index in [1.54, 1.807) is 0 Å². The molecule has 0 aromatic heterocycles. The highest BCUT2D eigenvalue weighted by atomic mass is 16.4. The summed E-state index contributed by atoms with van der Waals surface area (Å²) in [6.45, 7) is 3.51. The predicted molar refractivity (Wildman–Crippen MR) is 43.2 cm³/mol. The molecule has 2 N–H and O–H groups in total. The van der Waals surface area contributed by atoms with Crippen molar-refractivity contribution in [3.63, 3.8) is 0 Å². The number of hydrogen-bond donors (Lipinski definition) is 2. The SMILES string of the molecule is CC(C)(C(=O)O)C(C)(C=O)C(=O)O. The molecule has 0 radical (unpaired) electrons. The van der Waals surface area contributed by atoms with E-state index >= 15 is 0 Å². The topological polar surface area (TPSA) is 91.7 Å². The quantitative estimate of drug-likeness (QED) is 0.491. The Hall–Kier alpha value is -1.39. The van der Waals surface area contributed by atoms with Crippen molar-refractivity contribution in [2.75, 3.05) is 0 Å². The number of carboxylic acids is 2. The molecular formula is C8H12O5. The van der Waals surface area contributed by atoms with Crippen molar-refractivity contribution in [2.24, 2.45) is 10.8 Å². The Morgan fingerprint density at radius 1 is 1.08 bits per heavy atom. The largest absolute Gasteiger partial charge is 0.481 e. The van der Waals surface area contributed by atoms with Crippen LogP contribution in [-0.2, 0) is 14.4 Å². The van der Waals surface area contributed by atoms with Gasteiger partial charge in [0, 0.05) is 0 Å². The minimum Gasteiger partial charge on any atom is -0.481 e. The highest BCUT2D eigenvalue weighted by Crippen LogP contribution is 2.37. The van der Waals surface area contributed by atoms with Crippen molar-refractivity contribution in [2.45, 2.75) is 20.8 Å². The van der Waals surface area contributed by atoms with Crippen LogP contribution in [0.4, 0.5) is 0 Å². The summed E-state index contributed by atoms with van der Waals surface area (Å²) in [6, 6.07) is 0. The van der Waals surface area contributed by atoms with Crippen LogP contribution < -0.4 is 0 Å². The zero-order chi connectivity index (χ0) is 10.9. The summed E-state index contributed by atoms with van der Waals surface area (Å²) < 4.78 is 0. The van der Waals surface area contributed by atoms with Crippen molar-refractivity contribution < 1.29 is 24.6 Å². The summed E-state index contributed by atoms with van der Waals surface area (Å²) in [5.41, 5.74) is -3.53. The Balaban J connectivity index is 5.31. The Morgan fingerprint density at radius 2 is 1.46 bits per heavy atom. The molecule has 5 heteroatoms. The van der Waals surface area contributed by atoms with E-state index in [0.717, 1.165) is 6.92 Å². The van der Waals surface area contributed by atoms with Gasteiger partial charge in [0.05, 0.1) is 5.41 Å². The second-order valence-corrected chi connectivity index (χ2v) is 3.56. The van der Waals surface area contributed by atoms with Crippen LogP contribution in [0.2, 0.25) is 0 Å². The molecule has 0 fully saturated rings. The average molecular weight is 188 g/mol. The number of aldehydes is 1. The van der Waals surface area contributed by atoms with Gasteiger partial charge in [-0.3, -0.25) is 9.59 Å². The second-order valence-electron chi connectivity index (χ2n) is 3.56. The van der Waals surface area contributed by atoms with Gasteiger partial charge in [-0.2, -0.15) is 0 Å². The lowest BCUT2D eigenvalue weighted by Crippen LogP contribution is -2.48. The summed E-state index contributed by atoms with van der Waals surface area (Å²) in [5, 5.41) is 17.5. The molecule has 13 heavy (non-hydrogen) atoms. The summed E-state index contributed by atoms with van der Waals surface area (Å²) in [5.74, 6) is -2.75. The summed E-state index contributed by atoms with van der Waals surface area (Å²) >= 11 is 0. The Bertz CT molecular complexity index is 255. The zero-order valence-electron chi connectivity index (χ0n) is 7.70. The molecule has 0 saturated heterocycles. The third-order valence-electron chi connectivity index (χ3n) is 2.51. The van der Waals surface area contributed by atoms with Gasteiger partial charge in [0.1, 0.15) is 11.7 Å². The second kappa shape index (κ2) is 3.16. The molecule has 0 aliphatic rings. The van der Waals surface area contributed by atoms with Gasteiger partial charge in [0.2, 0.25) is 0 Å². The van der Waals surface area contributed by atoms with E-state index in [4.69, 9.17) is 10.2 Å². The van der Waals surface area contributed by atoms with E-state index in [9.17, 15) is 14.4 Å². The van der Waals surface area contributed by atoms with E-state index in [2.05, 4.69) is 0 Å². The van der Waals surface area contributed by atoms with Crippen LogP contribution >= 0.6 is 0 Å². The first-order valence-corrected chi connectivity index (χ1v) is 3.63. The maximum atomic E-state index is 10.7. The molecule has 0 aromatic carbocycles. The Kier molecular flexibility index (Phi) is 2.82. The van der Waals surface area contributed by atoms with Crippen LogP contribution in [0.5, 0.6) is 0 Å². The third-order valence-corrected chi connectivity index (χ3v) is 2.51.